The second-order valence-corrected chi connectivity index (χ2v) is 3.11. The van der Waals surface area contributed by atoms with E-state index >= 15 is 0 Å². The summed E-state index contributed by atoms with van der Waals surface area (Å²) in [5.74, 6) is -0.542. The fourth-order valence-electron chi connectivity index (χ4n) is 0.413. The lowest BCUT2D eigenvalue weighted by molar-refractivity contribution is -0.118. The minimum absolute atomic E-state index is 0.542. The predicted molar refractivity (Wildman–Crippen MR) is 39.0 cm³/mol. The van der Waals surface area contributed by atoms with E-state index in [1.807, 2.05) is 0 Å². The second kappa shape index (κ2) is 3.37. The van der Waals surface area contributed by atoms with Crippen LogP contribution in [-0.4, -0.2) is 17.6 Å². The Kier molecular flexibility index (Phi) is 3.04. The van der Waals surface area contributed by atoms with Crippen LogP contribution < -0.4 is 5.32 Å². The molecule has 63 valence electrons. The molecule has 0 rings (SSSR count). The molecular formula is C7H12NO3. The SMILES string of the molecule is CC(=O)[N]C(=O)OC(C)(C)C. The zero-order valence-electron chi connectivity index (χ0n) is 7.17. The summed E-state index contributed by atoms with van der Waals surface area (Å²) in [6.45, 7) is 6.32. The van der Waals surface area contributed by atoms with Crippen molar-refractivity contribution >= 4 is 12.0 Å². The molecule has 4 nitrogen and oxygen atoms in total. The molecule has 0 aliphatic heterocycles. The van der Waals surface area contributed by atoms with Crippen LogP contribution in [0, 0.1) is 0 Å². The lowest BCUT2D eigenvalue weighted by Crippen LogP contribution is -2.30. The Morgan fingerprint density at radius 1 is 1.27 bits per heavy atom. The fourth-order valence-corrected chi connectivity index (χ4v) is 0.413. The first kappa shape index (κ1) is 9.94. The minimum Gasteiger partial charge on any atom is -0.442 e. The molecule has 1 radical (unpaired) electrons. The molecule has 0 spiro atoms. The summed E-state index contributed by atoms with van der Waals surface area (Å²) in [4.78, 5) is 20.9. The van der Waals surface area contributed by atoms with Crippen molar-refractivity contribution in [2.45, 2.75) is 33.3 Å². The van der Waals surface area contributed by atoms with Crippen LogP contribution >= 0.6 is 0 Å². The molecule has 0 heterocycles. The van der Waals surface area contributed by atoms with Gasteiger partial charge in [-0.2, -0.15) is 0 Å². The van der Waals surface area contributed by atoms with Gasteiger partial charge in [0.05, 0.1) is 0 Å². The fraction of sp³-hybridized carbons (Fsp3) is 0.714. The Balaban J connectivity index is 3.80. The Hall–Kier alpha value is -1.06. The van der Waals surface area contributed by atoms with Crippen molar-refractivity contribution in [3.8, 4) is 0 Å². The van der Waals surface area contributed by atoms with Crippen molar-refractivity contribution in [2.24, 2.45) is 0 Å². The average Bonchev–Trinajstić information content (AvgIpc) is 1.53. The van der Waals surface area contributed by atoms with Crippen LogP contribution in [0.3, 0.4) is 0 Å². The molecule has 0 aromatic rings. The molecule has 0 aromatic carbocycles. The van der Waals surface area contributed by atoms with Gasteiger partial charge in [-0.05, 0) is 20.8 Å². The van der Waals surface area contributed by atoms with Crippen molar-refractivity contribution in [3.63, 3.8) is 0 Å². The zero-order chi connectivity index (χ0) is 9.07. The second-order valence-electron chi connectivity index (χ2n) is 3.11. The van der Waals surface area contributed by atoms with Crippen LogP contribution in [0.5, 0.6) is 0 Å². The quantitative estimate of drug-likeness (QED) is 0.530. The highest BCUT2D eigenvalue weighted by Gasteiger charge is 2.17. The molecule has 0 unspecified atom stereocenters. The molecule has 4 heteroatoms. The standard InChI is InChI=1S/C7H12NO3/c1-5(9)8-6(10)11-7(2,3)4/h1-4H3. The molecule has 11 heavy (non-hydrogen) atoms. The average molecular weight is 158 g/mol. The zero-order valence-corrected chi connectivity index (χ0v) is 7.17. The molecule has 0 fully saturated rings. The molecule has 0 aromatic heterocycles. The third kappa shape index (κ3) is 6.83. The van der Waals surface area contributed by atoms with E-state index < -0.39 is 17.6 Å². The van der Waals surface area contributed by atoms with Crippen molar-refractivity contribution in [1.29, 1.82) is 0 Å². The Morgan fingerprint density at radius 3 is 2.00 bits per heavy atom. The molecule has 2 amide bonds. The Morgan fingerprint density at radius 2 is 1.73 bits per heavy atom. The number of rotatable bonds is 0. The van der Waals surface area contributed by atoms with Gasteiger partial charge in [-0.3, -0.25) is 4.79 Å². The summed E-state index contributed by atoms with van der Waals surface area (Å²) in [6, 6.07) is 0. The third-order valence-electron chi connectivity index (χ3n) is 0.642. The maximum Gasteiger partial charge on any atom is 0.437 e. The third-order valence-corrected chi connectivity index (χ3v) is 0.642. The van der Waals surface area contributed by atoms with Crippen molar-refractivity contribution in [1.82, 2.24) is 5.32 Å². The van der Waals surface area contributed by atoms with Crippen molar-refractivity contribution in [2.75, 3.05) is 0 Å². The molecule has 0 saturated heterocycles. The number of nitrogens with zero attached hydrogens (tertiary/aromatic N) is 1. The molecule has 0 N–H and O–H groups in total. The topological polar surface area (TPSA) is 57.5 Å². The summed E-state index contributed by atoms with van der Waals surface area (Å²) in [7, 11) is 0. The highest BCUT2D eigenvalue weighted by molar-refractivity contribution is 5.89. The number of imide groups is 1. The summed E-state index contributed by atoms with van der Waals surface area (Å²) in [5, 5.41) is 3.06. The smallest absolute Gasteiger partial charge is 0.437 e. The largest absolute Gasteiger partial charge is 0.442 e. The first-order valence-electron chi connectivity index (χ1n) is 3.26. The normalized spacial score (nSPS) is 10.5. The molecule has 0 bridgehead atoms. The van der Waals surface area contributed by atoms with Gasteiger partial charge in [-0.25, -0.2) is 4.79 Å². The van der Waals surface area contributed by atoms with Crippen molar-refractivity contribution in [3.05, 3.63) is 0 Å². The minimum atomic E-state index is -0.829. The van der Waals surface area contributed by atoms with Crippen LogP contribution in [0.1, 0.15) is 27.7 Å². The Bertz CT molecular complexity index is 169. The summed E-state index contributed by atoms with van der Waals surface area (Å²) >= 11 is 0. The maximum absolute atomic E-state index is 10.7. The van der Waals surface area contributed by atoms with E-state index in [2.05, 4.69) is 5.32 Å². The maximum atomic E-state index is 10.7. The monoisotopic (exact) mass is 158 g/mol. The molecule has 0 aliphatic rings. The van der Waals surface area contributed by atoms with Gasteiger partial charge < -0.3 is 4.74 Å². The van der Waals surface area contributed by atoms with Crippen LogP contribution in [0.2, 0.25) is 0 Å². The number of ether oxygens (including phenoxy) is 1. The summed E-state index contributed by atoms with van der Waals surface area (Å²) in [6.07, 6.45) is -0.829. The van der Waals surface area contributed by atoms with E-state index in [-0.39, 0.29) is 0 Å². The predicted octanol–water partition coefficient (Wildman–Crippen LogP) is 1.07. The summed E-state index contributed by atoms with van der Waals surface area (Å²) < 4.78 is 4.72. The Labute approximate surface area is 65.9 Å². The van der Waals surface area contributed by atoms with Gasteiger partial charge in [0, 0.05) is 6.92 Å². The van der Waals surface area contributed by atoms with E-state index in [1.54, 1.807) is 20.8 Å². The van der Waals surface area contributed by atoms with E-state index in [9.17, 15) is 9.59 Å². The van der Waals surface area contributed by atoms with Gasteiger partial charge >= 0.3 is 6.09 Å². The van der Waals surface area contributed by atoms with Gasteiger partial charge in [0.1, 0.15) is 5.60 Å². The van der Waals surface area contributed by atoms with E-state index in [4.69, 9.17) is 4.74 Å². The van der Waals surface area contributed by atoms with Gasteiger partial charge in [0.25, 0.3) is 0 Å². The van der Waals surface area contributed by atoms with Crippen LogP contribution in [0.25, 0.3) is 0 Å². The highest BCUT2D eigenvalue weighted by atomic mass is 16.6. The summed E-state index contributed by atoms with van der Waals surface area (Å²) in [5.41, 5.74) is -0.587. The number of hydrogen-bond acceptors (Lipinski definition) is 3. The van der Waals surface area contributed by atoms with Crippen LogP contribution in [-0.2, 0) is 9.53 Å². The molecule has 0 saturated carbocycles. The molecular weight excluding hydrogens is 146 g/mol. The van der Waals surface area contributed by atoms with Gasteiger partial charge in [-0.15, -0.1) is 5.32 Å². The van der Waals surface area contributed by atoms with E-state index in [0.29, 0.717) is 0 Å². The van der Waals surface area contributed by atoms with Gasteiger partial charge in [-0.1, -0.05) is 0 Å². The van der Waals surface area contributed by atoms with E-state index in [0.717, 1.165) is 0 Å². The van der Waals surface area contributed by atoms with Gasteiger partial charge in [0.2, 0.25) is 5.91 Å². The number of carbonyl (C=O) groups is 2. The first-order chi connectivity index (χ1) is 4.81. The van der Waals surface area contributed by atoms with Gasteiger partial charge in [0.15, 0.2) is 0 Å². The number of amides is 2. The first-order valence-corrected chi connectivity index (χ1v) is 3.26. The highest BCUT2D eigenvalue weighted by Crippen LogP contribution is 2.06. The lowest BCUT2D eigenvalue weighted by atomic mass is 10.2. The van der Waals surface area contributed by atoms with E-state index in [1.165, 1.54) is 6.92 Å². The van der Waals surface area contributed by atoms with Crippen molar-refractivity contribution < 1.29 is 14.3 Å². The number of hydrogen-bond donors (Lipinski definition) is 0. The van der Waals surface area contributed by atoms with Crippen LogP contribution in [0.15, 0.2) is 0 Å². The molecule has 0 aliphatic carbocycles. The lowest BCUT2D eigenvalue weighted by Gasteiger charge is -2.17. The number of carbonyl (C=O) groups excluding carboxylic acids is 2. The van der Waals surface area contributed by atoms with Crippen LogP contribution in [0.4, 0.5) is 4.79 Å². The molecule has 0 atom stereocenters.